The molecule has 5 N–H and O–H groups in total. The molecule has 0 atom stereocenters. The third kappa shape index (κ3) is 11.4. The summed E-state index contributed by atoms with van der Waals surface area (Å²) in [6.07, 6.45) is 4.27. The van der Waals surface area contributed by atoms with Crippen molar-refractivity contribution in [1.82, 2.24) is 24.3 Å². The Morgan fingerprint density at radius 1 is 0.698 bits per heavy atom. The fourth-order valence-electron chi connectivity index (χ4n) is 4.97. The standard InChI is InChI=1S/C36H46N10O5S2/c1-7-8-9-10-22-46(6)35(47)29-12-11-13-30(23-29)39-36-40-33(44-42-25(2)27-14-18-31(19-15-27)52(48,49)37-4)24-34(41-36)45-43-26(3)28-16-20-32(21-17-28)53(50,51)38-5/h11-21,23-24,37-38H,7-10,22H2,1-6H3,(H3,39,40,41,44,45). The minimum absolute atomic E-state index is 0.0911. The molecule has 1 aromatic heterocycles. The third-order valence-corrected chi connectivity index (χ3v) is 11.0. The molecule has 0 saturated carbocycles. The van der Waals surface area contributed by atoms with Crippen LogP contribution in [0.4, 0.5) is 23.3 Å². The van der Waals surface area contributed by atoms with Crippen molar-refractivity contribution >= 4 is 60.6 Å². The second-order valence-electron chi connectivity index (χ2n) is 12.0. The van der Waals surface area contributed by atoms with Crippen LogP contribution in [0.3, 0.4) is 0 Å². The molecule has 0 fully saturated rings. The number of hydrogen-bond acceptors (Lipinski definition) is 12. The Bertz CT molecular complexity index is 2040. The van der Waals surface area contributed by atoms with Gasteiger partial charge in [0, 0.05) is 30.9 Å². The minimum atomic E-state index is -3.58. The highest BCUT2D eigenvalue weighted by Gasteiger charge is 2.15. The van der Waals surface area contributed by atoms with E-state index in [1.165, 1.54) is 38.4 Å². The Kier molecular flexibility index (Phi) is 14.2. The van der Waals surface area contributed by atoms with Gasteiger partial charge in [0.2, 0.25) is 26.0 Å². The van der Waals surface area contributed by atoms with Crippen LogP contribution in [0.25, 0.3) is 0 Å². The summed E-state index contributed by atoms with van der Waals surface area (Å²) in [5.41, 5.74) is 9.47. The molecule has 1 amide bonds. The van der Waals surface area contributed by atoms with Gasteiger partial charge in [-0.3, -0.25) is 15.6 Å². The number of carbonyl (C=O) groups is 1. The summed E-state index contributed by atoms with van der Waals surface area (Å²) < 4.78 is 53.1. The number of anilines is 4. The lowest BCUT2D eigenvalue weighted by molar-refractivity contribution is 0.0792. The Morgan fingerprint density at radius 2 is 1.21 bits per heavy atom. The number of carbonyl (C=O) groups excluding carboxylic acids is 1. The predicted octanol–water partition coefficient (Wildman–Crippen LogP) is 5.36. The highest BCUT2D eigenvalue weighted by Crippen LogP contribution is 2.21. The van der Waals surface area contributed by atoms with Gasteiger partial charge >= 0.3 is 0 Å². The Hall–Kier alpha value is -5.23. The van der Waals surface area contributed by atoms with Crippen molar-refractivity contribution < 1.29 is 21.6 Å². The zero-order valence-electron chi connectivity index (χ0n) is 30.6. The average Bonchev–Trinajstić information content (AvgIpc) is 3.17. The number of hydrazone groups is 2. The molecule has 1 heterocycles. The summed E-state index contributed by atoms with van der Waals surface area (Å²) in [5.74, 6) is 0.685. The fourth-order valence-corrected chi connectivity index (χ4v) is 6.43. The van der Waals surface area contributed by atoms with Crippen molar-refractivity contribution in [1.29, 1.82) is 0 Å². The van der Waals surface area contributed by atoms with Crippen molar-refractivity contribution in [2.45, 2.75) is 56.2 Å². The lowest BCUT2D eigenvalue weighted by Gasteiger charge is -2.17. The van der Waals surface area contributed by atoms with E-state index in [2.05, 4.69) is 52.7 Å². The van der Waals surface area contributed by atoms with Gasteiger partial charge in [-0.2, -0.15) is 20.2 Å². The van der Waals surface area contributed by atoms with Crippen molar-refractivity contribution in [3.05, 3.63) is 95.6 Å². The van der Waals surface area contributed by atoms with Gasteiger partial charge in [0.1, 0.15) is 0 Å². The van der Waals surface area contributed by atoms with Gasteiger partial charge in [0.05, 0.1) is 21.2 Å². The fraction of sp³-hybridized carbons (Fsp3) is 0.306. The lowest BCUT2D eigenvalue weighted by atomic mass is 10.1. The smallest absolute Gasteiger partial charge is 0.253 e. The van der Waals surface area contributed by atoms with E-state index in [0.29, 0.717) is 52.0 Å². The van der Waals surface area contributed by atoms with Crippen LogP contribution in [0.15, 0.2) is 98.9 Å². The molecule has 0 radical (unpaired) electrons. The van der Waals surface area contributed by atoms with E-state index in [-0.39, 0.29) is 21.6 Å². The van der Waals surface area contributed by atoms with Crippen LogP contribution in [-0.2, 0) is 20.0 Å². The highest BCUT2D eigenvalue weighted by molar-refractivity contribution is 7.89. The van der Waals surface area contributed by atoms with Crippen molar-refractivity contribution in [2.24, 2.45) is 10.2 Å². The first kappa shape index (κ1) is 40.5. The number of hydrogen-bond donors (Lipinski definition) is 5. The van der Waals surface area contributed by atoms with Crippen molar-refractivity contribution in [2.75, 3.05) is 43.9 Å². The maximum Gasteiger partial charge on any atom is 0.253 e. The third-order valence-electron chi connectivity index (χ3n) is 8.16. The van der Waals surface area contributed by atoms with Crippen LogP contribution in [0.2, 0.25) is 0 Å². The number of nitrogens with one attached hydrogen (secondary N) is 5. The van der Waals surface area contributed by atoms with E-state index in [1.807, 2.05) is 0 Å². The maximum absolute atomic E-state index is 13.2. The molecular formula is C36H46N10O5S2. The first-order valence-corrected chi connectivity index (χ1v) is 19.9. The monoisotopic (exact) mass is 762 g/mol. The Balaban J connectivity index is 1.60. The van der Waals surface area contributed by atoms with E-state index in [4.69, 9.17) is 0 Å². The molecule has 0 aliphatic carbocycles. The number of benzene rings is 3. The van der Waals surface area contributed by atoms with Crippen LogP contribution < -0.4 is 25.6 Å². The SMILES string of the molecule is CCCCCCN(C)C(=O)c1cccc(Nc2nc(NN=C(C)c3ccc(S(=O)(=O)NC)cc3)cc(NN=C(C)c3ccc(S(=O)(=O)NC)cc3)n2)c1. The molecule has 4 rings (SSSR count). The van der Waals surface area contributed by atoms with E-state index in [0.717, 1.165) is 25.7 Å². The van der Waals surface area contributed by atoms with E-state index >= 15 is 0 Å². The molecule has 3 aromatic carbocycles. The molecule has 17 heteroatoms. The van der Waals surface area contributed by atoms with Gasteiger partial charge in [-0.15, -0.1) is 0 Å². The summed E-state index contributed by atoms with van der Waals surface area (Å²) in [6.45, 7) is 6.34. The van der Waals surface area contributed by atoms with Gasteiger partial charge in [-0.1, -0.05) is 56.5 Å². The average molecular weight is 763 g/mol. The topological polar surface area (TPSA) is 199 Å². The zero-order valence-corrected chi connectivity index (χ0v) is 32.3. The number of unbranched alkanes of at least 4 members (excludes halogenated alkanes) is 3. The molecule has 0 bridgehead atoms. The first-order chi connectivity index (χ1) is 25.3. The number of aromatic nitrogens is 2. The quantitative estimate of drug-likeness (QED) is 0.0500. The highest BCUT2D eigenvalue weighted by atomic mass is 32.2. The summed E-state index contributed by atoms with van der Waals surface area (Å²) in [4.78, 5) is 24.3. The Morgan fingerprint density at radius 3 is 1.68 bits per heavy atom. The minimum Gasteiger partial charge on any atom is -0.342 e. The molecule has 53 heavy (non-hydrogen) atoms. The normalized spacial score (nSPS) is 12.3. The molecule has 15 nitrogen and oxygen atoms in total. The summed E-state index contributed by atoms with van der Waals surface area (Å²) in [5, 5.41) is 12.1. The van der Waals surface area contributed by atoms with Gasteiger partial charge < -0.3 is 10.2 Å². The molecular weight excluding hydrogens is 717 g/mol. The van der Waals surface area contributed by atoms with Gasteiger partial charge in [0.15, 0.2) is 11.6 Å². The van der Waals surface area contributed by atoms with E-state index in [1.54, 1.807) is 80.4 Å². The number of rotatable bonds is 18. The molecule has 0 aliphatic heterocycles. The first-order valence-electron chi connectivity index (χ1n) is 17.0. The van der Waals surface area contributed by atoms with Crippen molar-refractivity contribution in [3.63, 3.8) is 0 Å². The van der Waals surface area contributed by atoms with Crippen LogP contribution in [0.1, 0.15) is 67.9 Å². The van der Waals surface area contributed by atoms with Gasteiger partial charge in [0.25, 0.3) is 5.91 Å². The van der Waals surface area contributed by atoms with Gasteiger partial charge in [-0.25, -0.2) is 26.3 Å². The maximum atomic E-state index is 13.2. The summed E-state index contributed by atoms with van der Waals surface area (Å²) >= 11 is 0. The second kappa shape index (κ2) is 18.5. The number of amides is 1. The number of sulfonamides is 2. The molecule has 0 spiro atoms. The van der Waals surface area contributed by atoms with Crippen LogP contribution in [0, 0.1) is 0 Å². The molecule has 0 unspecified atom stereocenters. The van der Waals surface area contributed by atoms with Crippen LogP contribution in [-0.4, -0.2) is 76.7 Å². The summed E-state index contributed by atoms with van der Waals surface area (Å²) in [7, 11) is -2.67. The zero-order chi connectivity index (χ0) is 38.6. The molecule has 4 aromatic rings. The second-order valence-corrected chi connectivity index (χ2v) is 15.8. The van der Waals surface area contributed by atoms with Crippen molar-refractivity contribution in [3.8, 4) is 0 Å². The van der Waals surface area contributed by atoms with Crippen LogP contribution in [0.5, 0.6) is 0 Å². The van der Waals surface area contributed by atoms with E-state index < -0.39 is 20.0 Å². The largest absolute Gasteiger partial charge is 0.342 e. The summed E-state index contributed by atoms with van der Waals surface area (Å²) in [6, 6.07) is 21.3. The van der Waals surface area contributed by atoms with Gasteiger partial charge in [-0.05, 0) is 88.0 Å². The predicted molar refractivity (Wildman–Crippen MR) is 210 cm³/mol. The van der Waals surface area contributed by atoms with E-state index in [9.17, 15) is 21.6 Å². The molecule has 0 aliphatic rings. The lowest BCUT2D eigenvalue weighted by Crippen LogP contribution is -2.27. The molecule has 0 saturated heterocycles. The van der Waals surface area contributed by atoms with Crippen LogP contribution >= 0.6 is 0 Å². The Labute approximate surface area is 311 Å². The molecule has 282 valence electrons. The number of nitrogens with zero attached hydrogens (tertiary/aromatic N) is 5.